The first-order chi connectivity index (χ1) is 16.7. The molecule has 0 bridgehead atoms. The normalized spacial score (nSPS) is 20.4. The maximum atomic E-state index is 13.4. The van der Waals surface area contributed by atoms with Gasteiger partial charge in [0.2, 0.25) is 20.9 Å². The highest BCUT2D eigenvalue weighted by Gasteiger charge is 2.41. The second-order valence-electron chi connectivity index (χ2n) is 9.48. The molecule has 3 aromatic heterocycles. The molecule has 1 aromatic carbocycles. The summed E-state index contributed by atoms with van der Waals surface area (Å²) in [5.41, 5.74) is 7.69. The monoisotopic (exact) mass is 522 g/mol. The van der Waals surface area contributed by atoms with Crippen LogP contribution in [0.25, 0.3) is 21.9 Å². The fraction of sp³-hybridized carbons (Fsp3) is 0.476. The van der Waals surface area contributed by atoms with Crippen molar-refractivity contribution in [2.24, 2.45) is 5.73 Å². The van der Waals surface area contributed by atoms with Crippen molar-refractivity contribution in [2.45, 2.75) is 55.5 Å². The van der Waals surface area contributed by atoms with Crippen LogP contribution in [0.15, 0.2) is 29.4 Å². The van der Waals surface area contributed by atoms with Crippen LogP contribution in [0.1, 0.15) is 44.0 Å². The number of alkyl halides is 2. The highest BCUT2D eigenvalue weighted by atomic mass is 32.2. The predicted molar refractivity (Wildman–Crippen MR) is 128 cm³/mol. The standard InChI is InChI=1S/C21H24F2N8O2S2/c1-21(4-5-21)28-35(32,33)13-9-14(29-7-2-3-12(24)11-29)16-15(10-13)31(19-25-6-8-30(16)19)20-27-26-18(34-20)17(22)23/h6,8-10,12,17,28H,2-5,7,11,24H2,1H3/t12-/m0/s1. The van der Waals surface area contributed by atoms with Crippen LogP contribution in [0.2, 0.25) is 0 Å². The van der Waals surface area contributed by atoms with Crippen molar-refractivity contribution in [3.05, 3.63) is 29.5 Å². The third-order valence-corrected chi connectivity index (χ3v) is 9.18. The number of halogens is 2. The van der Waals surface area contributed by atoms with E-state index >= 15 is 0 Å². The fourth-order valence-corrected chi connectivity index (χ4v) is 6.85. The summed E-state index contributed by atoms with van der Waals surface area (Å²) in [7, 11) is -3.85. The molecule has 3 N–H and O–H groups in total. The molecule has 2 fully saturated rings. The van der Waals surface area contributed by atoms with E-state index in [1.54, 1.807) is 29.1 Å². The van der Waals surface area contributed by atoms with Gasteiger partial charge in [0, 0.05) is 37.1 Å². The fourth-order valence-electron chi connectivity index (χ4n) is 4.63. The first-order valence-electron chi connectivity index (χ1n) is 11.3. The van der Waals surface area contributed by atoms with Crippen LogP contribution < -0.4 is 15.4 Å². The molecule has 4 heterocycles. The van der Waals surface area contributed by atoms with Gasteiger partial charge in [0.05, 0.1) is 21.6 Å². The lowest BCUT2D eigenvalue weighted by Crippen LogP contribution is -2.43. The van der Waals surface area contributed by atoms with Gasteiger partial charge in [-0.15, -0.1) is 10.2 Å². The molecule has 0 radical (unpaired) electrons. The molecule has 186 valence electrons. The third-order valence-electron chi connectivity index (χ3n) is 6.64. The quantitative estimate of drug-likeness (QED) is 0.399. The van der Waals surface area contributed by atoms with E-state index in [4.69, 9.17) is 5.73 Å². The van der Waals surface area contributed by atoms with Crippen LogP contribution in [0, 0.1) is 0 Å². The Bertz CT molecular complexity index is 1540. The van der Waals surface area contributed by atoms with Crippen LogP contribution in [-0.4, -0.2) is 57.2 Å². The van der Waals surface area contributed by atoms with Crippen molar-refractivity contribution in [3.8, 4) is 5.13 Å². The van der Waals surface area contributed by atoms with Crippen molar-refractivity contribution in [1.29, 1.82) is 0 Å². The van der Waals surface area contributed by atoms with Crippen LogP contribution in [0.5, 0.6) is 0 Å². The molecule has 14 heteroatoms. The zero-order valence-corrected chi connectivity index (χ0v) is 20.5. The van der Waals surface area contributed by atoms with Gasteiger partial charge in [0.25, 0.3) is 6.43 Å². The molecule has 1 saturated carbocycles. The van der Waals surface area contributed by atoms with E-state index in [1.165, 1.54) is 0 Å². The van der Waals surface area contributed by atoms with Crippen LogP contribution >= 0.6 is 11.3 Å². The van der Waals surface area contributed by atoms with Crippen LogP contribution in [0.3, 0.4) is 0 Å². The Kier molecular flexibility index (Phi) is 5.15. The van der Waals surface area contributed by atoms with E-state index in [0.29, 0.717) is 35.6 Å². The number of nitrogens with zero attached hydrogens (tertiary/aromatic N) is 6. The number of rotatable bonds is 6. The van der Waals surface area contributed by atoms with Crippen LogP contribution in [0.4, 0.5) is 14.5 Å². The highest BCUT2D eigenvalue weighted by molar-refractivity contribution is 7.89. The molecule has 35 heavy (non-hydrogen) atoms. The molecule has 6 rings (SSSR count). The average molecular weight is 523 g/mol. The van der Waals surface area contributed by atoms with Gasteiger partial charge in [0.15, 0.2) is 5.01 Å². The van der Waals surface area contributed by atoms with Gasteiger partial charge >= 0.3 is 0 Å². The van der Waals surface area contributed by atoms with E-state index in [-0.39, 0.29) is 16.1 Å². The van der Waals surface area contributed by atoms with Gasteiger partial charge in [-0.3, -0.25) is 8.97 Å². The molecule has 0 amide bonds. The van der Waals surface area contributed by atoms with Gasteiger partial charge in [-0.1, -0.05) is 11.3 Å². The summed E-state index contributed by atoms with van der Waals surface area (Å²) in [6, 6.07) is 3.18. The number of hydrogen-bond acceptors (Lipinski definition) is 8. The minimum atomic E-state index is -3.85. The minimum Gasteiger partial charge on any atom is -0.368 e. The Morgan fingerprint density at radius 1 is 1.29 bits per heavy atom. The summed E-state index contributed by atoms with van der Waals surface area (Å²) in [6.45, 7) is 3.16. The number of fused-ring (bicyclic) bond motifs is 3. The summed E-state index contributed by atoms with van der Waals surface area (Å²) in [5.74, 6) is 0.427. The predicted octanol–water partition coefficient (Wildman–Crippen LogP) is 2.83. The number of nitrogens with one attached hydrogen (secondary N) is 1. The van der Waals surface area contributed by atoms with E-state index in [0.717, 1.165) is 37.0 Å². The molecule has 2 aliphatic rings. The maximum absolute atomic E-state index is 13.4. The number of aromatic nitrogens is 5. The lowest BCUT2D eigenvalue weighted by Gasteiger charge is -2.33. The molecule has 10 nitrogen and oxygen atoms in total. The molecule has 4 aromatic rings. The topological polar surface area (TPSA) is 123 Å². The first-order valence-corrected chi connectivity index (χ1v) is 13.6. The van der Waals surface area contributed by atoms with Crippen molar-refractivity contribution in [3.63, 3.8) is 0 Å². The van der Waals surface area contributed by atoms with Crippen molar-refractivity contribution in [2.75, 3.05) is 18.0 Å². The molecule has 0 spiro atoms. The number of sulfonamides is 1. The Morgan fingerprint density at radius 3 is 2.77 bits per heavy atom. The Balaban J connectivity index is 1.63. The van der Waals surface area contributed by atoms with Gasteiger partial charge in [-0.05, 0) is 44.7 Å². The summed E-state index contributed by atoms with van der Waals surface area (Å²) in [5, 5.41) is 7.37. The maximum Gasteiger partial charge on any atom is 0.291 e. The molecule has 1 aliphatic carbocycles. The average Bonchev–Trinajstić information content (AvgIpc) is 3.20. The largest absolute Gasteiger partial charge is 0.368 e. The summed E-state index contributed by atoms with van der Waals surface area (Å²) < 4.78 is 59.6. The number of hydrogen-bond donors (Lipinski definition) is 2. The summed E-state index contributed by atoms with van der Waals surface area (Å²) >= 11 is 0.746. The number of piperidine rings is 1. The molecule has 1 saturated heterocycles. The summed E-state index contributed by atoms with van der Waals surface area (Å²) in [4.78, 5) is 6.59. The Hall–Kier alpha value is -2.68. The second kappa shape index (κ2) is 7.91. The summed E-state index contributed by atoms with van der Waals surface area (Å²) in [6.07, 6.45) is 3.91. The molecule has 1 atom stereocenters. The molecule has 0 unspecified atom stereocenters. The first kappa shape index (κ1) is 22.8. The number of anilines is 1. The van der Waals surface area contributed by atoms with Crippen molar-refractivity contribution in [1.82, 2.24) is 28.9 Å². The van der Waals surface area contributed by atoms with Crippen molar-refractivity contribution >= 4 is 43.9 Å². The number of benzene rings is 1. The van der Waals surface area contributed by atoms with Crippen LogP contribution in [-0.2, 0) is 10.0 Å². The second-order valence-corrected chi connectivity index (χ2v) is 12.2. The Labute approximate surface area is 203 Å². The van der Waals surface area contributed by atoms with E-state index in [9.17, 15) is 17.2 Å². The zero-order chi connectivity index (χ0) is 24.5. The van der Waals surface area contributed by atoms with Gasteiger partial charge in [-0.2, -0.15) is 0 Å². The van der Waals surface area contributed by atoms with E-state index in [2.05, 4.69) is 24.8 Å². The molecule has 1 aliphatic heterocycles. The third kappa shape index (κ3) is 3.88. The van der Waals surface area contributed by atoms with Crippen molar-refractivity contribution < 1.29 is 17.2 Å². The smallest absolute Gasteiger partial charge is 0.291 e. The lowest BCUT2D eigenvalue weighted by atomic mass is 10.1. The van der Waals surface area contributed by atoms with E-state index in [1.807, 2.05) is 11.3 Å². The van der Waals surface area contributed by atoms with Gasteiger partial charge < -0.3 is 10.6 Å². The highest BCUT2D eigenvalue weighted by Crippen LogP contribution is 2.39. The zero-order valence-electron chi connectivity index (χ0n) is 18.9. The Morgan fingerprint density at radius 2 is 2.09 bits per heavy atom. The number of imidazole rings is 2. The SMILES string of the molecule is CC1(NS(=O)(=O)c2cc(N3CCC[C@H](N)C3)c3c(c2)n(-c2nnc(C(F)F)s2)c2nccn32)CC1. The lowest BCUT2D eigenvalue weighted by molar-refractivity contribution is 0.150. The minimum absolute atomic E-state index is 0.0420. The van der Waals surface area contributed by atoms with E-state index < -0.39 is 27.0 Å². The molecular weight excluding hydrogens is 498 g/mol. The van der Waals surface area contributed by atoms with Gasteiger partial charge in [0.1, 0.15) is 0 Å². The number of nitrogens with two attached hydrogens (primary N) is 1. The molecular formula is C21H24F2N8O2S2. The van der Waals surface area contributed by atoms with Gasteiger partial charge in [-0.25, -0.2) is 26.9 Å².